The zero-order chi connectivity index (χ0) is 17.3. The Labute approximate surface area is 146 Å². The molecule has 1 aromatic heterocycles. The van der Waals surface area contributed by atoms with Crippen LogP contribution >= 0.6 is 0 Å². The molecule has 25 heavy (non-hydrogen) atoms. The largest absolute Gasteiger partial charge is 0.379 e. The van der Waals surface area contributed by atoms with E-state index in [4.69, 9.17) is 4.74 Å². The summed E-state index contributed by atoms with van der Waals surface area (Å²) in [4.78, 5) is 7.03. The smallest absolute Gasteiger partial charge is 0.269 e. The molecule has 1 saturated heterocycles. The van der Waals surface area contributed by atoms with Crippen LogP contribution in [0.4, 0.5) is 0 Å². The standard InChI is InChI=1S/C18H19N3O3S/c22-25(23,15-6-2-1-3-7-15)21-17-9-5-4-8-16(17)19-18(21)14-20-10-12-24-13-11-20/h1-9H,10-14H2. The van der Waals surface area contributed by atoms with E-state index in [-0.39, 0.29) is 4.90 Å². The van der Waals surface area contributed by atoms with Crippen LogP contribution in [0.15, 0.2) is 59.5 Å². The van der Waals surface area contributed by atoms with Gasteiger partial charge in [-0.15, -0.1) is 0 Å². The number of imidazole rings is 1. The van der Waals surface area contributed by atoms with Crippen LogP contribution in [0, 0.1) is 0 Å². The van der Waals surface area contributed by atoms with Gasteiger partial charge >= 0.3 is 0 Å². The molecule has 6 nitrogen and oxygen atoms in total. The topological polar surface area (TPSA) is 64.4 Å². The minimum Gasteiger partial charge on any atom is -0.379 e. The van der Waals surface area contributed by atoms with Gasteiger partial charge in [0.15, 0.2) is 0 Å². The minimum atomic E-state index is -3.71. The molecule has 2 heterocycles. The van der Waals surface area contributed by atoms with Gasteiger partial charge in [0, 0.05) is 13.1 Å². The number of nitrogens with zero attached hydrogens (tertiary/aromatic N) is 3. The van der Waals surface area contributed by atoms with E-state index in [0.717, 1.165) is 13.1 Å². The van der Waals surface area contributed by atoms with Crippen molar-refractivity contribution < 1.29 is 13.2 Å². The summed E-state index contributed by atoms with van der Waals surface area (Å²) in [6.45, 7) is 3.34. The number of hydrogen-bond acceptors (Lipinski definition) is 5. The first-order chi connectivity index (χ1) is 12.2. The summed E-state index contributed by atoms with van der Waals surface area (Å²) in [5.74, 6) is 0.534. The van der Waals surface area contributed by atoms with Gasteiger partial charge in [0.2, 0.25) is 0 Å². The number of ether oxygens (including phenoxy) is 1. The van der Waals surface area contributed by atoms with Gasteiger partial charge < -0.3 is 4.74 Å². The second-order valence-corrected chi connectivity index (χ2v) is 7.77. The van der Waals surface area contributed by atoms with Gasteiger partial charge in [0.05, 0.1) is 35.7 Å². The quantitative estimate of drug-likeness (QED) is 0.715. The molecule has 130 valence electrons. The van der Waals surface area contributed by atoms with E-state index in [1.165, 1.54) is 3.97 Å². The van der Waals surface area contributed by atoms with E-state index in [2.05, 4.69) is 9.88 Å². The van der Waals surface area contributed by atoms with Crippen LogP contribution in [0.25, 0.3) is 11.0 Å². The number of benzene rings is 2. The molecule has 1 aliphatic heterocycles. The Morgan fingerprint density at radius 2 is 1.64 bits per heavy atom. The van der Waals surface area contributed by atoms with E-state index in [9.17, 15) is 8.42 Å². The predicted molar refractivity (Wildman–Crippen MR) is 94.9 cm³/mol. The lowest BCUT2D eigenvalue weighted by Crippen LogP contribution is -2.36. The maximum absolute atomic E-state index is 13.3. The van der Waals surface area contributed by atoms with Crippen LogP contribution < -0.4 is 0 Å². The Kier molecular flexibility index (Phi) is 4.29. The van der Waals surface area contributed by atoms with Crippen molar-refractivity contribution in [3.63, 3.8) is 0 Å². The summed E-state index contributed by atoms with van der Waals surface area (Å²) in [6, 6.07) is 15.8. The first kappa shape index (κ1) is 16.3. The van der Waals surface area contributed by atoms with Crippen LogP contribution in [0.5, 0.6) is 0 Å². The van der Waals surface area contributed by atoms with Gasteiger partial charge in [0.1, 0.15) is 5.82 Å². The van der Waals surface area contributed by atoms with Crippen LogP contribution in [-0.2, 0) is 21.3 Å². The van der Waals surface area contributed by atoms with Crippen molar-refractivity contribution in [2.75, 3.05) is 26.3 Å². The molecule has 0 saturated carbocycles. The highest BCUT2D eigenvalue weighted by Gasteiger charge is 2.25. The fraction of sp³-hybridized carbons (Fsp3) is 0.278. The average Bonchev–Trinajstić information content (AvgIpc) is 3.02. The van der Waals surface area contributed by atoms with E-state index >= 15 is 0 Å². The van der Waals surface area contributed by atoms with Crippen molar-refractivity contribution in [1.82, 2.24) is 13.9 Å². The van der Waals surface area contributed by atoms with E-state index in [1.807, 2.05) is 18.2 Å². The maximum atomic E-state index is 13.3. The molecule has 3 aromatic rings. The highest BCUT2D eigenvalue weighted by Crippen LogP contribution is 2.24. The molecule has 7 heteroatoms. The Morgan fingerprint density at radius 1 is 0.960 bits per heavy atom. The minimum absolute atomic E-state index is 0.265. The van der Waals surface area contributed by atoms with Gasteiger partial charge in [-0.05, 0) is 24.3 Å². The third kappa shape index (κ3) is 3.06. The molecule has 0 N–H and O–H groups in total. The molecule has 0 radical (unpaired) electrons. The van der Waals surface area contributed by atoms with Crippen molar-refractivity contribution in [2.24, 2.45) is 0 Å². The Bertz CT molecular complexity index is 977. The zero-order valence-electron chi connectivity index (χ0n) is 13.7. The summed E-state index contributed by atoms with van der Waals surface area (Å²) < 4.78 is 33.3. The highest BCUT2D eigenvalue weighted by atomic mass is 32.2. The number of morpholine rings is 1. The number of fused-ring (bicyclic) bond motifs is 1. The molecule has 0 aliphatic carbocycles. The normalized spacial score (nSPS) is 16.3. The molecular formula is C18H19N3O3S. The molecular weight excluding hydrogens is 338 g/mol. The molecule has 0 unspecified atom stereocenters. The fourth-order valence-corrected chi connectivity index (χ4v) is 4.58. The lowest BCUT2D eigenvalue weighted by atomic mass is 10.3. The first-order valence-electron chi connectivity index (χ1n) is 8.23. The van der Waals surface area contributed by atoms with Crippen molar-refractivity contribution in [2.45, 2.75) is 11.4 Å². The van der Waals surface area contributed by atoms with Crippen LogP contribution in [0.2, 0.25) is 0 Å². The Hall–Kier alpha value is -2.22. The van der Waals surface area contributed by atoms with Gasteiger partial charge in [-0.3, -0.25) is 4.90 Å². The molecule has 0 atom stereocenters. The molecule has 4 rings (SSSR count). The molecule has 1 fully saturated rings. The fourth-order valence-electron chi connectivity index (χ4n) is 3.08. The number of aromatic nitrogens is 2. The average molecular weight is 357 g/mol. The van der Waals surface area contributed by atoms with Crippen molar-refractivity contribution in [1.29, 1.82) is 0 Å². The number of para-hydroxylation sites is 2. The van der Waals surface area contributed by atoms with E-state index < -0.39 is 10.0 Å². The monoisotopic (exact) mass is 357 g/mol. The SMILES string of the molecule is O=S(=O)(c1ccccc1)n1c(CN2CCOCC2)nc2ccccc21. The Balaban J connectivity index is 1.85. The first-order valence-corrected chi connectivity index (χ1v) is 9.67. The second-order valence-electron chi connectivity index (χ2n) is 5.99. The van der Waals surface area contributed by atoms with Crippen molar-refractivity contribution in [3.05, 3.63) is 60.4 Å². The summed E-state index contributed by atoms with van der Waals surface area (Å²) >= 11 is 0. The molecule has 2 aromatic carbocycles. The summed E-state index contributed by atoms with van der Waals surface area (Å²) in [5, 5.41) is 0. The number of hydrogen-bond donors (Lipinski definition) is 0. The maximum Gasteiger partial charge on any atom is 0.269 e. The zero-order valence-corrected chi connectivity index (χ0v) is 14.5. The third-order valence-electron chi connectivity index (χ3n) is 4.33. The van der Waals surface area contributed by atoms with Gasteiger partial charge in [0.25, 0.3) is 10.0 Å². The van der Waals surface area contributed by atoms with Crippen molar-refractivity contribution >= 4 is 21.1 Å². The van der Waals surface area contributed by atoms with Gasteiger partial charge in [-0.2, -0.15) is 0 Å². The molecule has 0 amide bonds. The third-order valence-corrected chi connectivity index (χ3v) is 6.09. The highest BCUT2D eigenvalue weighted by molar-refractivity contribution is 7.90. The predicted octanol–water partition coefficient (Wildman–Crippen LogP) is 2.11. The summed E-state index contributed by atoms with van der Waals surface area (Å²) in [7, 11) is -3.71. The Morgan fingerprint density at radius 3 is 2.40 bits per heavy atom. The van der Waals surface area contributed by atoms with Crippen molar-refractivity contribution in [3.8, 4) is 0 Å². The van der Waals surface area contributed by atoms with Crippen LogP contribution in [0.3, 0.4) is 0 Å². The van der Waals surface area contributed by atoms with Crippen LogP contribution in [0.1, 0.15) is 5.82 Å². The van der Waals surface area contributed by atoms with Gasteiger partial charge in [-0.25, -0.2) is 17.4 Å². The lowest BCUT2D eigenvalue weighted by Gasteiger charge is -2.26. The molecule has 0 spiro atoms. The number of rotatable bonds is 4. The summed E-state index contributed by atoms with van der Waals surface area (Å²) in [6.07, 6.45) is 0. The summed E-state index contributed by atoms with van der Waals surface area (Å²) in [5.41, 5.74) is 1.29. The van der Waals surface area contributed by atoms with Gasteiger partial charge in [-0.1, -0.05) is 30.3 Å². The molecule has 1 aliphatic rings. The second kappa shape index (κ2) is 6.59. The molecule has 0 bridgehead atoms. The van der Waals surface area contributed by atoms with Crippen LogP contribution in [-0.4, -0.2) is 48.6 Å². The van der Waals surface area contributed by atoms with E-state index in [1.54, 1.807) is 36.4 Å². The van der Waals surface area contributed by atoms with E-state index in [0.29, 0.717) is 36.6 Å². The lowest BCUT2D eigenvalue weighted by molar-refractivity contribution is 0.0330.